The van der Waals surface area contributed by atoms with Crippen LogP contribution in [0.25, 0.3) is 11.0 Å². The molecule has 150 valence electrons. The summed E-state index contributed by atoms with van der Waals surface area (Å²) in [6.07, 6.45) is -0.131. The van der Waals surface area contributed by atoms with E-state index in [-0.39, 0.29) is 30.4 Å². The average Bonchev–Trinajstić information content (AvgIpc) is 3.14. The number of benzene rings is 2. The first kappa shape index (κ1) is 19.0. The average molecular weight is 393 g/mol. The third-order valence-corrected chi connectivity index (χ3v) is 4.70. The molecule has 1 amide bonds. The quantitative estimate of drug-likeness (QED) is 0.712. The van der Waals surface area contributed by atoms with Gasteiger partial charge in [-0.25, -0.2) is 9.97 Å². The van der Waals surface area contributed by atoms with E-state index >= 15 is 0 Å². The Balaban J connectivity index is 1.61. The Morgan fingerprint density at radius 2 is 1.76 bits per heavy atom. The molecule has 0 saturated heterocycles. The van der Waals surface area contributed by atoms with Crippen LogP contribution in [-0.4, -0.2) is 28.8 Å². The molecule has 0 saturated carbocycles. The minimum atomic E-state index is -0.342. The fraction of sp³-hybridized carbons (Fsp3) is 0.318. The maximum atomic E-state index is 12.9. The predicted molar refractivity (Wildman–Crippen MR) is 109 cm³/mol. The van der Waals surface area contributed by atoms with Crippen molar-refractivity contribution >= 4 is 16.9 Å². The molecule has 1 N–H and O–H groups in total. The van der Waals surface area contributed by atoms with E-state index in [1.54, 1.807) is 0 Å². The van der Waals surface area contributed by atoms with Crippen molar-refractivity contribution in [1.29, 1.82) is 0 Å². The van der Waals surface area contributed by atoms with E-state index in [4.69, 9.17) is 14.2 Å². The second kappa shape index (κ2) is 7.58. The summed E-state index contributed by atoms with van der Waals surface area (Å²) in [5.74, 6) is 1.28. The highest BCUT2D eigenvalue weighted by atomic mass is 16.7. The summed E-state index contributed by atoms with van der Waals surface area (Å²) >= 11 is 0. The van der Waals surface area contributed by atoms with Gasteiger partial charge in [0.15, 0.2) is 17.2 Å². The smallest absolute Gasteiger partial charge is 0.275 e. The van der Waals surface area contributed by atoms with Crippen LogP contribution in [0.1, 0.15) is 41.0 Å². The molecule has 1 aliphatic heterocycles. The van der Waals surface area contributed by atoms with Gasteiger partial charge < -0.3 is 19.5 Å². The van der Waals surface area contributed by atoms with E-state index in [1.165, 1.54) is 0 Å². The molecule has 2 heterocycles. The van der Waals surface area contributed by atoms with Gasteiger partial charge in [0.2, 0.25) is 12.7 Å². The summed E-state index contributed by atoms with van der Waals surface area (Å²) in [6.45, 7) is 8.34. The number of aromatic nitrogens is 2. The van der Waals surface area contributed by atoms with Crippen LogP contribution in [0.15, 0.2) is 30.3 Å². The largest absolute Gasteiger partial charge is 0.473 e. The molecule has 0 atom stereocenters. The maximum absolute atomic E-state index is 12.9. The van der Waals surface area contributed by atoms with Crippen molar-refractivity contribution in [3.63, 3.8) is 0 Å². The minimum absolute atomic E-state index is 0.131. The Labute approximate surface area is 169 Å². The molecule has 4 rings (SSSR count). The molecule has 0 fully saturated rings. The minimum Gasteiger partial charge on any atom is -0.473 e. The molecular weight excluding hydrogens is 370 g/mol. The van der Waals surface area contributed by atoms with Crippen LogP contribution in [0.2, 0.25) is 0 Å². The van der Waals surface area contributed by atoms with Crippen molar-refractivity contribution in [1.82, 2.24) is 15.3 Å². The number of carbonyl (C=O) groups excluding carboxylic acids is 1. The zero-order chi connectivity index (χ0) is 20.5. The summed E-state index contributed by atoms with van der Waals surface area (Å²) in [6, 6.07) is 9.46. The predicted octanol–water partition coefficient (Wildman–Crippen LogP) is 3.69. The number of ether oxygens (including phenoxy) is 3. The molecule has 7 heteroatoms. The van der Waals surface area contributed by atoms with Gasteiger partial charge in [0.1, 0.15) is 0 Å². The first-order chi connectivity index (χ1) is 13.9. The Morgan fingerprint density at radius 1 is 1.07 bits per heavy atom. The standard InChI is InChI=1S/C22H23N3O4/c1-12(2)29-22-20(24-16-7-13(3)14(4)8-17(16)25-22)21(26)23-10-15-5-6-18-19(9-15)28-11-27-18/h5-9,12H,10-11H2,1-4H3,(H,23,26). The zero-order valence-corrected chi connectivity index (χ0v) is 16.9. The summed E-state index contributed by atoms with van der Waals surface area (Å²) < 4.78 is 16.5. The van der Waals surface area contributed by atoms with Gasteiger partial charge in [-0.2, -0.15) is 0 Å². The molecule has 0 spiro atoms. The summed E-state index contributed by atoms with van der Waals surface area (Å²) in [5, 5.41) is 2.89. The number of carbonyl (C=O) groups is 1. The highest BCUT2D eigenvalue weighted by molar-refractivity contribution is 5.96. The van der Waals surface area contributed by atoms with E-state index in [2.05, 4.69) is 15.3 Å². The summed E-state index contributed by atoms with van der Waals surface area (Å²) in [4.78, 5) is 22.0. The normalized spacial score (nSPS) is 12.4. The Bertz CT molecular complexity index is 1100. The monoisotopic (exact) mass is 393 g/mol. The summed E-state index contributed by atoms with van der Waals surface area (Å²) in [7, 11) is 0. The maximum Gasteiger partial charge on any atom is 0.275 e. The Hall–Kier alpha value is -3.35. The van der Waals surface area contributed by atoms with Crippen molar-refractivity contribution in [2.45, 2.75) is 40.3 Å². The fourth-order valence-corrected chi connectivity index (χ4v) is 3.07. The van der Waals surface area contributed by atoms with Crippen LogP contribution >= 0.6 is 0 Å². The third-order valence-electron chi connectivity index (χ3n) is 4.70. The lowest BCUT2D eigenvalue weighted by Gasteiger charge is -2.14. The molecule has 2 aromatic carbocycles. The number of nitrogens with one attached hydrogen (secondary N) is 1. The number of amides is 1. The SMILES string of the molecule is Cc1cc2nc(OC(C)C)c(C(=O)NCc3ccc4c(c3)OCO4)nc2cc1C. The number of nitrogens with zero attached hydrogens (tertiary/aromatic N) is 2. The molecule has 0 bridgehead atoms. The number of aryl methyl sites for hydroxylation is 2. The third kappa shape index (κ3) is 3.94. The van der Waals surface area contributed by atoms with Gasteiger partial charge in [-0.15, -0.1) is 0 Å². The number of hydrogen-bond donors (Lipinski definition) is 1. The topological polar surface area (TPSA) is 82.6 Å². The summed E-state index contributed by atoms with van der Waals surface area (Å²) in [5.41, 5.74) is 4.65. The molecule has 0 unspecified atom stereocenters. The van der Waals surface area contributed by atoms with E-state index in [0.717, 1.165) is 16.7 Å². The lowest BCUT2D eigenvalue weighted by molar-refractivity contribution is 0.0938. The number of hydrogen-bond acceptors (Lipinski definition) is 6. The molecule has 3 aromatic rings. The van der Waals surface area contributed by atoms with Crippen LogP contribution in [-0.2, 0) is 6.54 Å². The lowest BCUT2D eigenvalue weighted by Crippen LogP contribution is -2.25. The first-order valence-corrected chi connectivity index (χ1v) is 9.53. The number of rotatable bonds is 5. The van der Waals surface area contributed by atoms with Gasteiger partial charge in [0, 0.05) is 6.54 Å². The van der Waals surface area contributed by atoms with Gasteiger partial charge in [-0.1, -0.05) is 6.07 Å². The van der Waals surface area contributed by atoms with Crippen LogP contribution in [0.5, 0.6) is 17.4 Å². The number of fused-ring (bicyclic) bond motifs is 2. The second-order valence-corrected chi connectivity index (χ2v) is 7.34. The van der Waals surface area contributed by atoms with Gasteiger partial charge in [-0.05, 0) is 68.7 Å². The van der Waals surface area contributed by atoms with Gasteiger partial charge in [-0.3, -0.25) is 4.79 Å². The molecule has 0 radical (unpaired) electrons. The van der Waals surface area contributed by atoms with Crippen LogP contribution in [0, 0.1) is 13.8 Å². The van der Waals surface area contributed by atoms with Gasteiger partial charge in [0.05, 0.1) is 17.1 Å². The second-order valence-electron chi connectivity index (χ2n) is 7.34. The van der Waals surface area contributed by atoms with E-state index in [0.29, 0.717) is 29.1 Å². The van der Waals surface area contributed by atoms with Crippen molar-refractivity contribution in [2.75, 3.05) is 6.79 Å². The first-order valence-electron chi connectivity index (χ1n) is 9.53. The Morgan fingerprint density at radius 3 is 2.48 bits per heavy atom. The molecule has 29 heavy (non-hydrogen) atoms. The van der Waals surface area contributed by atoms with E-state index < -0.39 is 0 Å². The molecule has 1 aliphatic rings. The van der Waals surface area contributed by atoms with Gasteiger partial charge in [0.25, 0.3) is 5.91 Å². The fourth-order valence-electron chi connectivity index (χ4n) is 3.07. The molecule has 0 aliphatic carbocycles. The van der Waals surface area contributed by atoms with Crippen LogP contribution in [0.3, 0.4) is 0 Å². The van der Waals surface area contributed by atoms with Crippen molar-refractivity contribution in [2.24, 2.45) is 0 Å². The van der Waals surface area contributed by atoms with Crippen LogP contribution < -0.4 is 19.5 Å². The van der Waals surface area contributed by atoms with E-state index in [9.17, 15) is 4.79 Å². The molecular formula is C22H23N3O4. The van der Waals surface area contributed by atoms with E-state index in [1.807, 2.05) is 58.0 Å². The van der Waals surface area contributed by atoms with Gasteiger partial charge >= 0.3 is 0 Å². The zero-order valence-electron chi connectivity index (χ0n) is 16.9. The highest BCUT2D eigenvalue weighted by Gasteiger charge is 2.20. The molecule has 1 aromatic heterocycles. The van der Waals surface area contributed by atoms with Crippen molar-refractivity contribution in [3.05, 3.63) is 52.7 Å². The highest BCUT2D eigenvalue weighted by Crippen LogP contribution is 2.32. The molecule has 7 nitrogen and oxygen atoms in total. The lowest BCUT2D eigenvalue weighted by atomic mass is 10.1. The van der Waals surface area contributed by atoms with Crippen LogP contribution in [0.4, 0.5) is 0 Å². The van der Waals surface area contributed by atoms with Crippen molar-refractivity contribution < 1.29 is 19.0 Å². The Kier molecular flexibility index (Phi) is 4.96. The van der Waals surface area contributed by atoms with Crippen molar-refractivity contribution in [3.8, 4) is 17.4 Å².